The molecule has 3 nitrogen and oxygen atoms in total. The number of piperidine rings is 1. The molecule has 2 N–H and O–H groups in total. The molecule has 0 aromatic rings. The van der Waals surface area contributed by atoms with E-state index >= 15 is 0 Å². The Morgan fingerprint density at radius 2 is 2.50 bits per heavy atom. The molecule has 0 aromatic carbocycles. The lowest BCUT2D eigenvalue weighted by atomic mass is 9.88. The monoisotopic (exact) mass is 141 g/mol. The van der Waals surface area contributed by atoms with Crippen LogP contribution in [-0.4, -0.2) is 23.7 Å². The Bertz CT molecular complexity index is 170. The van der Waals surface area contributed by atoms with Crippen molar-refractivity contribution >= 4 is 5.97 Å². The molecule has 3 heteroatoms. The van der Waals surface area contributed by atoms with E-state index in [1.165, 1.54) is 0 Å². The number of aliphatic carboxylic acids is 1. The van der Waals surface area contributed by atoms with Crippen molar-refractivity contribution in [2.45, 2.75) is 25.3 Å². The molecule has 0 radical (unpaired) electrons. The molecule has 1 unspecified atom stereocenters. The molecule has 2 rings (SSSR count). The van der Waals surface area contributed by atoms with Crippen molar-refractivity contribution in [3.05, 3.63) is 0 Å². The Balaban J connectivity index is 2.23. The first-order chi connectivity index (χ1) is 4.73. The van der Waals surface area contributed by atoms with Gasteiger partial charge in [0, 0.05) is 12.6 Å². The van der Waals surface area contributed by atoms with Crippen molar-refractivity contribution in [1.29, 1.82) is 0 Å². The minimum atomic E-state index is -0.611. The molecule has 1 aliphatic carbocycles. The van der Waals surface area contributed by atoms with Gasteiger partial charge in [0.25, 0.3) is 0 Å². The Morgan fingerprint density at radius 3 is 2.70 bits per heavy atom. The third kappa shape index (κ3) is 0.611. The van der Waals surface area contributed by atoms with Crippen molar-refractivity contribution in [1.82, 2.24) is 5.32 Å². The van der Waals surface area contributed by atoms with Gasteiger partial charge in [-0.3, -0.25) is 4.79 Å². The third-order valence-corrected chi connectivity index (χ3v) is 2.79. The van der Waals surface area contributed by atoms with Crippen LogP contribution in [0, 0.1) is 5.41 Å². The Hall–Kier alpha value is -0.570. The smallest absolute Gasteiger partial charge is 0.310 e. The number of fused-ring (bicyclic) bond motifs is 2. The molecule has 1 saturated heterocycles. The Kier molecular flexibility index (Phi) is 1.06. The number of carbonyl (C=O) groups is 1. The highest BCUT2D eigenvalue weighted by Crippen LogP contribution is 2.42. The maximum Gasteiger partial charge on any atom is 0.310 e. The zero-order valence-electron chi connectivity index (χ0n) is 5.76. The molecule has 2 aliphatic rings. The highest BCUT2D eigenvalue weighted by atomic mass is 16.4. The molecule has 0 aromatic heterocycles. The van der Waals surface area contributed by atoms with E-state index in [1.807, 2.05) is 0 Å². The summed E-state index contributed by atoms with van der Waals surface area (Å²) in [5.74, 6) is -0.611. The number of carboxylic acid groups (broad SMARTS) is 1. The third-order valence-electron chi connectivity index (χ3n) is 2.79. The van der Waals surface area contributed by atoms with E-state index in [0.29, 0.717) is 12.6 Å². The lowest BCUT2D eigenvalue weighted by Gasteiger charge is -2.20. The van der Waals surface area contributed by atoms with Crippen LogP contribution in [0.1, 0.15) is 19.3 Å². The quantitative estimate of drug-likeness (QED) is 0.549. The van der Waals surface area contributed by atoms with E-state index in [2.05, 4.69) is 5.32 Å². The van der Waals surface area contributed by atoms with Crippen LogP contribution >= 0.6 is 0 Å². The SMILES string of the molecule is O=C(O)C12CC[C@@H](C1)NC2. The lowest BCUT2D eigenvalue weighted by Crippen LogP contribution is -2.35. The van der Waals surface area contributed by atoms with Crippen LogP contribution in [0.3, 0.4) is 0 Å². The van der Waals surface area contributed by atoms with E-state index < -0.39 is 5.97 Å². The number of nitrogens with one attached hydrogen (secondary N) is 1. The summed E-state index contributed by atoms with van der Waals surface area (Å²) in [7, 11) is 0. The molecule has 0 amide bonds. The van der Waals surface area contributed by atoms with Gasteiger partial charge in [0.05, 0.1) is 5.41 Å². The van der Waals surface area contributed by atoms with Gasteiger partial charge in [-0.25, -0.2) is 0 Å². The summed E-state index contributed by atoms with van der Waals surface area (Å²) in [6.07, 6.45) is 2.77. The van der Waals surface area contributed by atoms with Crippen LogP contribution in [0.15, 0.2) is 0 Å². The van der Waals surface area contributed by atoms with E-state index in [-0.39, 0.29) is 5.41 Å². The van der Waals surface area contributed by atoms with Gasteiger partial charge in [-0.1, -0.05) is 0 Å². The summed E-state index contributed by atoms with van der Waals surface area (Å²) in [6.45, 7) is 0.687. The molecule has 1 saturated carbocycles. The van der Waals surface area contributed by atoms with Crippen LogP contribution in [0.25, 0.3) is 0 Å². The minimum absolute atomic E-state index is 0.384. The first kappa shape index (κ1) is 6.16. The fourth-order valence-electron chi connectivity index (χ4n) is 2.07. The summed E-state index contributed by atoms with van der Waals surface area (Å²) in [5.41, 5.74) is -0.384. The molecule has 2 fully saturated rings. The van der Waals surface area contributed by atoms with Crippen molar-refractivity contribution in [2.24, 2.45) is 5.41 Å². The standard InChI is InChI=1S/C7H11NO2/c9-6(10)7-2-1-5(3-7)8-4-7/h5,8H,1-4H2,(H,9,10)/t5-,7?/m0/s1. The predicted molar refractivity (Wildman–Crippen MR) is 35.7 cm³/mol. The van der Waals surface area contributed by atoms with Gasteiger partial charge < -0.3 is 10.4 Å². The van der Waals surface area contributed by atoms with Crippen LogP contribution in [0.4, 0.5) is 0 Å². The molecule has 0 spiro atoms. The molecule has 10 heavy (non-hydrogen) atoms. The fourth-order valence-corrected chi connectivity index (χ4v) is 2.07. The molecule has 1 heterocycles. The normalized spacial score (nSPS) is 44.2. The fraction of sp³-hybridized carbons (Fsp3) is 0.857. The summed E-state index contributed by atoms with van der Waals surface area (Å²) in [6, 6.07) is 0.496. The lowest BCUT2D eigenvalue weighted by molar-refractivity contribution is -0.147. The first-order valence-electron chi connectivity index (χ1n) is 3.70. The van der Waals surface area contributed by atoms with E-state index in [1.54, 1.807) is 0 Å². The van der Waals surface area contributed by atoms with Gasteiger partial charge >= 0.3 is 5.97 Å². The summed E-state index contributed by atoms with van der Waals surface area (Å²) in [4.78, 5) is 10.7. The molecule has 1 aliphatic heterocycles. The zero-order chi connectivity index (χ0) is 7.19. The van der Waals surface area contributed by atoms with Crippen LogP contribution in [-0.2, 0) is 4.79 Å². The number of carboxylic acids is 1. The predicted octanol–water partition coefficient (Wildman–Crippen LogP) is 0.213. The zero-order valence-corrected chi connectivity index (χ0v) is 5.76. The van der Waals surface area contributed by atoms with Crippen molar-refractivity contribution in [3.63, 3.8) is 0 Å². The van der Waals surface area contributed by atoms with Crippen LogP contribution < -0.4 is 5.32 Å². The number of hydrogen-bond acceptors (Lipinski definition) is 2. The molecule has 56 valence electrons. The van der Waals surface area contributed by atoms with Gasteiger partial charge in [-0.05, 0) is 19.3 Å². The molecule has 2 atom stereocenters. The van der Waals surface area contributed by atoms with E-state index in [9.17, 15) is 4.79 Å². The topological polar surface area (TPSA) is 49.3 Å². The van der Waals surface area contributed by atoms with Crippen LogP contribution in [0.5, 0.6) is 0 Å². The van der Waals surface area contributed by atoms with Crippen molar-refractivity contribution < 1.29 is 9.90 Å². The molecular formula is C7H11NO2. The Labute approximate surface area is 59.4 Å². The van der Waals surface area contributed by atoms with E-state index in [4.69, 9.17) is 5.11 Å². The van der Waals surface area contributed by atoms with Gasteiger partial charge in [0.1, 0.15) is 0 Å². The second-order valence-corrected chi connectivity index (χ2v) is 3.41. The van der Waals surface area contributed by atoms with Gasteiger partial charge in [-0.2, -0.15) is 0 Å². The highest BCUT2D eigenvalue weighted by Gasteiger charge is 2.50. The van der Waals surface area contributed by atoms with E-state index in [0.717, 1.165) is 19.3 Å². The van der Waals surface area contributed by atoms with Gasteiger partial charge in [-0.15, -0.1) is 0 Å². The molecule has 2 bridgehead atoms. The van der Waals surface area contributed by atoms with Gasteiger partial charge in [0.2, 0.25) is 0 Å². The summed E-state index contributed by atoms with van der Waals surface area (Å²) in [5, 5.41) is 12.0. The largest absolute Gasteiger partial charge is 0.481 e. The molecular weight excluding hydrogens is 130 g/mol. The van der Waals surface area contributed by atoms with Crippen molar-refractivity contribution in [2.75, 3.05) is 6.54 Å². The second-order valence-electron chi connectivity index (χ2n) is 3.41. The first-order valence-corrected chi connectivity index (χ1v) is 3.70. The van der Waals surface area contributed by atoms with Crippen molar-refractivity contribution in [3.8, 4) is 0 Å². The number of rotatable bonds is 1. The maximum absolute atomic E-state index is 10.7. The number of hydrogen-bond donors (Lipinski definition) is 2. The summed E-state index contributed by atoms with van der Waals surface area (Å²) >= 11 is 0. The minimum Gasteiger partial charge on any atom is -0.481 e. The summed E-state index contributed by atoms with van der Waals surface area (Å²) < 4.78 is 0. The maximum atomic E-state index is 10.7. The average Bonchev–Trinajstić information content (AvgIpc) is 2.45. The van der Waals surface area contributed by atoms with Gasteiger partial charge in [0.15, 0.2) is 0 Å². The Morgan fingerprint density at radius 1 is 1.70 bits per heavy atom. The highest BCUT2D eigenvalue weighted by molar-refractivity contribution is 5.76. The second kappa shape index (κ2) is 1.72. The van der Waals surface area contributed by atoms with Crippen LogP contribution in [0.2, 0.25) is 0 Å². The average molecular weight is 141 g/mol.